The number of carbonyl (C=O) groups is 2. The molecule has 0 saturated carbocycles. The second kappa shape index (κ2) is 4.72. The van der Waals surface area contributed by atoms with Gasteiger partial charge in [0.05, 0.1) is 0 Å². The average Bonchev–Trinajstić information content (AvgIpc) is 2.23. The van der Waals surface area contributed by atoms with Gasteiger partial charge >= 0.3 is 6.09 Å². The SMILES string of the molecule is C[C@@H]1CC(=O)NCCN1C(=O)OC(C)(C)C. The molecule has 0 spiro atoms. The summed E-state index contributed by atoms with van der Waals surface area (Å²) >= 11 is 0. The summed E-state index contributed by atoms with van der Waals surface area (Å²) in [5.41, 5.74) is -0.499. The van der Waals surface area contributed by atoms with Crippen LogP contribution >= 0.6 is 0 Å². The lowest BCUT2D eigenvalue weighted by Crippen LogP contribution is -2.42. The van der Waals surface area contributed by atoms with E-state index in [0.717, 1.165) is 0 Å². The molecule has 0 aromatic carbocycles. The van der Waals surface area contributed by atoms with Gasteiger partial charge in [-0.1, -0.05) is 0 Å². The van der Waals surface area contributed by atoms with Crippen molar-refractivity contribution in [2.45, 2.75) is 45.8 Å². The van der Waals surface area contributed by atoms with E-state index in [2.05, 4.69) is 5.32 Å². The van der Waals surface area contributed by atoms with Crippen LogP contribution in [0, 0.1) is 0 Å². The number of rotatable bonds is 0. The Bertz CT molecular complexity index is 283. The van der Waals surface area contributed by atoms with Crippen molar-refractivity contribution in [3.8, 4) is 0 Å². The van der Waals surface area contributed by atoms with Gasteiger partial charge in [-0.2, -0.15) is 0 Å². The van der Waals surface area contributed by atoms with Gasteiger partial charge in [0.2, 0.25) is 5.91 Å². The van der Waals surface area contributed by atoms with E-state index in [9.17, 15) is 9.59 Å². The number of ether oxygens (including phenoxy) is 1. The maximum absolute atomic E-state index is 11.8. The molecule has 1 saturated heterocycles. The van der Waals surface area contributed by atoms with Crippen molar-refractivity contribution in [3.63, 3.8) is 0 Å². The molecule has 16 heavy (non-hydrogen) atoms. The monoisotopic (exact) mass is 228 g/mol. The van der Waals surface area contributed by atoms with Crippen molar-refractivity contribution in [2.24, 2.45) is 0 Å². The van der Waals surface area contributed by atoms with Crippen LogP contribution in [-0.4, -0.2) is 41.6 Å². The summed E-state index contributed by atoms with van der Waals surface area (Å²) in [4.78, 5) is 24.7. The van der Waals surface area contributed by atoms with E-state index in [0.29, 0.717) is 19.5 Å². The fourth-order valence-corrected chi connectivity index (χ4v) is 1.58. The topological polar surface area (TPSA) is 58.6 Å². The van der Waals surface area contributed by atoms with E-state index in [4.69, 9.17) is 4.74 Å². The Morgan fingerprint density at radius 2 is 2.12 bits per heavy atom. The van der Waals surface area contributed by atoms with E-state index in [1.807, 2.05) is 27.7 Å². The highest BCUT2D eigenvalue weighted by Gasteiger charge is 2.28. The maximum Gasteiger partial charge on any atom is 0.410 e. The van der Waals surface area contributed by atoms with Crippen LogP contribution in [0.5, 0.6) is 0 Å². The number of nitrogens with zero attached hydrogens (tertiary/aromatic N) is 1. The van der Waals surface area contributed by atoms with Gasteiger partial charge in [0.1, 0.15) is 5.60 Å². The molecule has 0 aliphatic carbocycles. The zero-order valence-corrected chi connectivity index (χ0v) is 10.4. The van der Waals surface area contributed by atoms with Gasteiger partial charge in [-0.05, 0) is 27.7 Å². The van der Waals surface area contributed by atoms with Gasteiger partial charge in [0.25, 0.3) is 0 Å². The van der Waals surface area contributed by atoms with Crippen LogP contribution in [0.2, 0.25) is 0 Å². The van der Waals surface area contributed by atoms with Crippen molar-refractivity contribution < 1.29 is 14.3 Å². The van der Waals surface area contributed by atoms with E-state index in [1.165, 1.54) is 0 Å². The molecule has 1 atom stereocenters. The minimum Gasteiger partial charge on any atom is -0.444 e. The molecule has 92 valence electrons. The van der Waals surface area contributed by atoms with Crippen molar-refractivity contribution in [1.29, 1.82) is 0 Å². The highest BCUT2D eigenvalue weighted by molar-refractivity contribution is 5.78. The zero-order valence-electron chi connectivity index (χ0n) is 10.4. The molecular formula is C11H20N2O3. The van der Waals surface area contributed by atoms with Crippen LogP contribution in [0.15, 0.2) is 0 Å². The standard InChI is InChI=1S/C11H20N2O3/c1-8-7-9(14)12-5-6-13(8)10(15)16-11(2,3)4/h8H,5-7H2,1-4H3,(H,12,14)/t8-/m1/s1. The first kappa shape index (κ1) is 12.8. The summed E-state index contributed by atoms with van der Waals surface area (Å²) in [6.07, 6.45) is -0.0179. The highest BCUT2D eigenvalue weighted by atomic mass is 16.6. The summed E-state index contributed by atoms with van der Waals surface area (Å²) in [5, 5.41) is 2.73. The normalized spacial score (nSPS) is 22.4. The zero-order chi connectivity index (χ0) is 12.3. The van der Waals surface area contributed by atoms with E-state index in [1.54, 1.807) is 4.90 Å². The number of hydrogen-bond donors (Lipinski definition) is 1. The summed E-state index contributed by atoms with van der Waals surface area (Å²) in [7, 11) is 0. The van der Waals surface area contributed by atoms with Crippen LogP contribution in [0.1, 0.15) is 34.1 Å². The molecule has 0 aromatic rings. The van der Waals surface area contributed by atoms with E-state index >= 15 is 0 Å². The molecule has 0 unspecified atom stereocenters. The predicted molar refractivity (Wildman–Crippen MR) is 60.0 cm³/mol. The third kappa shape index (κ3) is 3.72. The Balaban J connectivity index is 2.64. The first-order valence-electron chi connectivity index (χ1n) is 5.56. The Hall–Kier alpha value is -1.26. The molecule has 1 aliphatic heterocycles. The van der Waals surface area contributed by atoms with Gasteiger partial charge in [0.15, 0.2) is 0 Å². The van der Waals surface area contributed by atoms with E-state index in [-0.39, 0.29) is 18.0 Å². The van der Waals surface area contributed by atoms with Crippen LogP contribution in [0.25, 0.3) is 0 Å². The Morgan fingerprint density at radius 3 is 2.69 bits per heavy atom. The minimum atomic E-state index is -0.499. The lowest BCUT2D eigenvalue weighted by Gasteiger charge is -2.29. The van der Waals surface area contributed by atoms with Gasteiger partial charge in [-0.3, -0.25) is 4.79 Å². The lowest BCUT2D eigenvalue weighted by molar-refractivity contribution is -0.121. The minimum absolute atomic E-state index is 0.0152. The molecule has 5 nitrogen and oxygen atoms in total. The molecule has 0 bridgehead atoms. The highest BCUT2D eigenvalue weighted by Crippen LogP contribution is 2.14. The summed E-state index contributed by atoms with van der Waals surface area (Å²) in [5.74, 6) is -0.0152. The van der Waals surface area contributed by atoms with Crippen LogP contribution < -0.4 is 5.32 Å². The van der Waals surface area contributed by atoms with Crippen molar-refractivity contribution in [3.05, 3.63) is 0 Å². The third-order valence-electron chi connectivity index (χ3n) is 2.32. The Morgan fingerprint density at radius 1 is 1.50 bits per heavy atom. The largest absolute Gasteiger partial charge is 0.444 e. The molecule has 0 radical (unpaired) electrons. The van der Waals surface area contributed by atoms with Gasteiger partial charge in [-0.15, -0.1) is 0 Å². The van der Waals surface area contributed by atoms with Gasteiger partial charge in [0, 0.05) is 25.6 Å². The van der Waals surface area contributed by atoms with Crippen molar-refractivity contribution in [1.82, 2.24) is 10.2 Å². The quantitative estimate of drug-likeness (QED) is 0.676. The van der Waals surface area contributed by atoms with Gasteiger partial charge in [-0.25, -0.2) is 4.79 Å². The second-order valence-electron chi connectivity index (χ2n) is 5.08. The third-order valence-corrected chi connectivity index (χ3v) is 2.32. The van der Waals surface area contributed by atoms with Crippen LogP contribution in [0.3, 0.4) is 0 Å². The molecule has 1 heterocycles. The molecule has 1 rings (SSSR count). The number of carbonyl (C=O) groups excluding carboxylic acids is 2. The average molecular weight is 228 g/mol. The fraction of sp³-hybridized carbons (Fsp3) is 0.818. The summed E-state index contributed by atoms with van der Waals surface area (Å²) in [6.45, 7) is 8.34. The molecule has 0 aromatic heterocycles. The molecule has 1 fully saturated rings. The first-order chi connectivity index (χ1) is 7.29. The maximum atomic E-state index is 11.8. The van der Waals surface area contributed by atoms with Gasteiger partial charge < -0.3 is 15.0 Å². The molecule has 5 heteroatoms. The Kier molecular flexibility index (Phi) is 3.78. The smallest absolute Gasteiger partial charge is 0.410 e. The number of amides is 2. The second-order valence-corrected chi connectivity index (χ2v) is 5.08. The van der Waals surface area contributed by atoms with E-state index < -0.39 is 5.60 Å². The number of hydrogen-bond acceptors (Lipinski definition) is 3. The molecular weight excluding hydrogens is 208 g/mol. The number of nitrogens with one attached hydrogen (secondary N) is 1. The summed E-state index contributed by atoms with van der Waals surface area (Å²) < 4.78 is 5.29. The fourth-order valence-electron chi connectivity index (χ4n) is 1.58. The molecule has 1 aliphatic rings. The molecule has 1 N–H and O–H groups in total. The lowest BCUT2D eigenvalue weighted by atomic mass is 10.2. The predicted octanol–water partition coefficient (Wildman–Crippen LogP) is 1.13. The summed E-state index contributed by atoms with van der Waals surface area (Å²) in [6, 6.07) is -0.114. The first-order valence-corrected chi connectivity index (χ1v) is 5.56. The van der Waals surface area contributed by atoms with Crippen LogP contribution in [-0.2, 0) is 9.53 Å². The molecule has 2 amide bonds. The Labute approximate surface area is 96.1 Å². The van der Waals surface area contributed by atoms with Crippen molar-refractivity contribution in [2.75, 3.05) is 13.1 Å². The van der Waals surface area contributed by atoms with Crippen molar-refractivity contribution >= 4 is 12.0 Å². The van der Waals surface area contributed by atoms with Crippen LogP contribution in [0.4, 0.5) is 4.79 Å².